The van der Waals surface area contributed by atoms with E-state index in [1.165, 1.54) is 0 Å². The van der Waals surface area contributed by atoms with Crippen molar-refractivity contribution < 1.29 is 9.59 Å². The normalized spacial score (nSPS) is 21.2. The first-order valence-corrected chi connectivity index (χ1v) is 5.90. The molecule has 0 bridgehead atoms. The van der Waals surface area contributed by atoms with Crippen molar-refractivity contribution in [3.05, 3.63) is 24.0 Å². The molecule has 2 heterocycles. The van der Waals surface area contributed by atoms with Crippen LogP contribution in [0.2, 0.25) is 0 Å². The van der Waals surface area contributed by atoms with E-state index < -0.39 is 0 Å². The van der Waals surface area contributed by atoms with Crippen molar-refractivity contribution in [1.82, 2.24) is 15.2 Å². The zero-order valence-electron chi connectivity index (χ0n) is 9.90. The number of aromatic amines is 1. The Labute approximate surface area is 100 Å². The Kier molecular flexibility index (Phi) is 3.58. The summed E-state index contributed by atoms with van der Waals surface area (Å²) in [6.07, 6.45) is 2.46. The summed E-state index contributed by atoms with van der Waals surface area (Å²) in [6.45, 7) is 3.61. The second-order valence-corrected chi connectivity index (χ2v) is 4.19. The van der Waals surface area contributed by atoms with Gasteiger partial charge in [-0.05, 0) is 18.6 Å². The zero-order chi connectivity index (χ0) is 12.3. The van der Waals surface area contributed by atoms with Crippen LogP contribution in [0.5, 0.6) is 0 Å². The van der Waals surface area contributed by atoms with Gasteiger partial charge in [0.15, 0.2) is 5.78 Å². The summed E-state index contributed by atoms with van der Waals surface area (Å²) < 4.78 is 0. The Morgan fingerprint density at radius 2 is 2.41 bits per heavy atom. The van der Waals surface area contributed by atoms with Crippen LogP contribution in [0, 0.1) is 0 Å². The lowest BCUT2D eigenvalue weighted by Crippen LogP contribution is -2.56. The predicted octanol–water partition coefficient (Wildman–Crippen LogP) is 0.408. The van der Waals surface area contributed by atoms with E-state index in [0.717, 1.165) is 13.0 Å². The monoisotopic (exact) mass is 235 g/mol. The third kappa shape index (κ3) is 2.55. The number of amides is 1. The number of piperazine rings is 1. The zero-order valence-corrected chi connectivity index (χ0v) is 9.90. The van der Waals surface area contributed by atoms with Crippen molar-refractivity contribution in [3.8, 4) is 0 Å². The van der Waals surface area contributed by atoms with Gasteiger partial charge >= 0.3 is 0 Å². The smallest absolute Gasteiger partial charge is 0.237 e. The van der Waals surface area contributed by atoms with Gasteiger partial charge in [-0.25, -0.2) is 0 Å². The molecule has 92 valence electrons. The first-order chi connectivity index (χ1) is 8.22. The number of carbonyl (C=O) groups excluding carboxylic acids is 2. The summed E-state index contributed by atoms with van der Waals surface area (Å²) >= 11 is 0. The summed E-state index contributed by atoms with van der Waals surface area (Å²) in [5, 5.41) is 2.82. The molecule has 1 unspecified atom stereocenters. The molecule has 0 aliphatic carbocycles. The summed E-state index contributed by atoms with van der Waals surface area (Å²) in [7, 11) is 0. The first kappa shape index (κ1) is 11.9. The molecular weight excluding hydrogens is 218 g/mol. The molecule has 0 aromatic carbocycles. The molecule has 2 rings (SSSR count). The molecule has 1 fully saturated rings. The number of carbonyl (C=O) groups is 2. The van der Waals surface area contributed by atoms with E-state index in [2.05, 4.69) is 10.3 Å². The lowest BCUT2D eigenvalue weighted by molar-refractivity contribution is -0.128. The number of nitrogens with zero attached hydrogens (tertiary/aromatic N) is 1. The molecule has 1 aromatic heterocycles. The quantitative estimate of drug-likeness (QED) is 0.743. The maximum Gasteiger partial charge on any atom is 0.237 e. The van der Waals surface area contributed by atoms with Crippen LogP contribution < -0.4 is 5.32 Å². The van der Waals surface area contributed by atoms with E-state index in [1.54, 1.807) is 18.3 Å². The fourth-order valence-electron chi connectivity index (χ4n) is 2.17. The van der Waals surface area contributed by atoms with Crippen LogP contribution in [0.4, 0.5) is 0 Å². The molecule has 2 N–H and O–H groups in total. The van der Waals surface area contributed by atoms with E-state index in [-0.39, 0.29) is 17.7 Å². The van der Waals surface area contributed by atoms with E-state index in [0.29, 0.717) is 18.8 Å². The Hall–Kier alpha value is -1.62. The average molecular weight is 235 g/mol. The van der Waals surface area contributed by atoms with E-state index in [9.17, 15) is 9.59 Å². The second-order valence-electron chi connectivity index (χ2n) is 4.19. The number of nitrogens with one attached hydrogen (secondary N) is 2. The van der Waals surface area contributed by atoms with Crippen molar-refractivity contribution in [2.45, 2.75) is 19.4 Å². The van der Waals surface area contributed by atoms with Gasteiger partial charge in [0.25, 0.3) is 0 Å². The number of H-pyrrole nitrogens is 1. The van der Waals surface area contributed by atoms with Gasteiger partial charge < -0.3 is 10.3 Å². The second kappa shape index (κ2) is 5.14. The highest BCUT2D eigenvalue weighted by Gasteiger charge is 2.29. The first-order valence-electron chi connectivity index (χ1n) is 5.90. The van der Waals surface area contributed by atoms with Gasteiger partial charge in [0.1, 0.15) is 0 Å². The number of ketones is 1. The molecule has 5 nitrogen and oxygen atoms in total. The van der Waals surface area contributed by atoms with Crippen molar-refractivity contribution in [2.24, 2.45) is 0 Å². The molecule has 1 saturated heterocycles. The lowest BCUT2D eigenvalue weighted by atomic mass is 10.1. The van der Waals surface area contributed by atoms with Crippen molar-refractivity contribution in [2.75, 3.05) is 19.6 Å². The molecule has 0 spiro atoms. The van der Waals surface area contributed by atoms with E-state index in [4.69, 9.17) is 0 Å². The highest BCUT2D eigenvalue weighted by molar-refractivity contribution is 5.96. The van der Waals surface area contributed by atoms with Crippen molar-refractivity contribution in [3.63, 3.8) is 0 Å². The fourth-order valence-corrected chi connectivity index (χ4v) is 2.17. The third-order valence-electron chi connectivity index (χ3n) is 3.07. The highest BCUT2D eigenvalue weighted by Crippen LogP contribution is 2.09. The maximum atomic E-state index is 11.9. The van der Waals surface area contributed by atoms with Crippen LogP contribution in [0.3, 0.4) is 0 Å². The Morgan fingerprint density at radius 1 is 1.59 bits per heavy atom. The van der Waals surface area contributed by atoms with Crippen molar-refractivity contribution in [1.29, 1.82) is 0 Å². The Balaban J connectivity index is 2.02. The Morgan fingerprint density at radius 3 is 3.06 bits per heavy atom. The van der Waals surface area contributed by atoms with Crippen LogP contribution in [-0.4, -0.2) is 47.3 Å². The minimum Gasteiger partial charge on any atom is -0.359 e. The standard InChI is InChI=1S/C12H17N3O2/c1-2-10-12(17)14-6-7-15(10)8-11(16)9-4-3-5-13-9/h3-5,10,13H,2,6-8H2,1H3,(H,14,17). The van der Waals surface area contributed by atoms with Gasteiger partial charge in [0, 0.05) is 19.3 Å². The fraction of sp³-hybridized carbons (Fsp3) is 0.500. The largest absolute Gasteiger partial charge is 0.359 e. The van der Waals surface area contributed by atoms with E-state index in [1.807, 2.05) is 11.8 Å². The molecular formula is C12H17N3O2. The molecule has 0 saturated carbocycles. The van der Waals surface area contributed by atoms with Crippen LogP contribution in [0.1, 0.15) is 23.8 Å². The third-order valence-corrected chi connectivity index (χ3v) is 3.07. The maximum absolute atomic E-state index is 11.9. The summed E-state index contributed by atoms with van der Waals surface area (Å²) in [5.41, 5.74) is 0.603. The summed E-state index contributed by atoms with van der Waals surface area (Å²) in [5.74, 6) is 0.0567. The van der Waals surface area contributed by atoms with Crippen LogP contribution in [0.15, 0.2) is 18.3 Å². The lowest BCUT2D eigenvalue weighted by Gasteiger charge is -2.33. The number of aromatic nitrogens is 1. The molecule has 1 aliphatic heterocycles. The number of hydrogen-bond donors (Lipinski definition) is 2. The SMILES string of the molecule is CCC1C(=O)NCCN1CC(=O)c1ccc[nH]1. The van der Waals surface area contributed by atoms with Gasteiger partial charge in [-0.1, -0.05) is 6.92 Å². The molecule has 0 radical (unpaired) electrons. The number of hydrogen-bond acceptors (Lipinski definition) is 3. The minimum absolute atomic E-state index is 0.0260. The Bertz CT molecular complexity index is 400. The minimum atomic E-state index is -0.178. The van der Waals surface area contributed by atoms with Gasteiger partial charge in [-0.15, -0.1) is 0 Å². The van der Waals surface area contributed by atoms with Gasteiger partial charge in [-0.2, -0.15) is 0 Å². The predicted molar refractivity (Wildman–Crippen MR) is 63.8 cm³/mol. The van der Waals surface area contributed by atoms with Crippen LogP contribution >= 0.6 is 0 Å². The summed E-state index contributed by atoms with van der Waals surface area (Å²) in [6, 6.07) is 3.38. The van der Waals surface area contributed by atoms with Crippen molar-refractivity contribution >= 4 is 11.7 Å². The highest BCUT2D eigenvalue weighted by atomic mass is 16.2. The summed E-state index contributed by atoms with van der Waals surface area (Å²) in [4.78, 5) is 28.4. The average Bonchev–Trinajstić information content (AvgIpc) is 2.82. The molecule has 1 amide bonds. The molecule has 1 aromatic rings. The molecule has 1 aliphatic rings. The molecule has 1 atom stereocenters. The van der Waals surface area contributed by atoms with Gasteiger partial charge in [0.2, 0.25) is 5.91 Å². The molecule has 5 heteroatoms. The van der Waals surface area contributed by atoms with E-state index >= 15 is 0 Å². The number of rotatable bonds is 4. The van der Waals surface area contributed by atoms with Gasteiger partial charge in [0.05, 0.1) is 18.3 Å². The van der Waals surface area contributed by atoms with Gasteiger partial charge in [-0.3, -0.25) is 14.5 Å². The topological polar surface area (TPSA) is 65.2 Å². The number of Topliss-reactive ketones (excluding diaryl/α,β-unsaturated/α-hetero) is 1. The van der Waals surface area contributed by atoms with Crippen LogP contribution in [0.25, 0.3) is 0 Å². The van der Waals surface area contributed by atoms with Crippen LogP contribution in [-0.2, 0) is 4.79 Å². The molecule has 17 heavy (non-hydrogen) atoms.